The summed E-state index contributed by atoms with van der Waals surface area (Å²) in [5.41, 5.74) is 6.49. The first-order valence-corrected chi connectivity index (χ1v) is 9.01. The summed E-state index contributed by atoms with van der Waals surface area (Å²) < 4.78 is 5.56. The second-order valence-corrected chi connectivity index (χ2v) is 7.16. The molecule has 0 saturated carbocycles. The Morgan fingerprint density at radius 1 is 1.07 bits per heavy atom. The lowest BCUT2D eigenvalue weighted by atomic mass is 10.0. The molecule has 0 amide bonds. The maximum Gasteiger partial charge on any atom is 0.167 e. The van der Waals surface area contributed by atoms with Crippen LogP contribution < -0.4 is 5.32 Å². The van der Waals surface area contributed by atoms with Crippen molar-refractivity contribution < 1.29 is 9.32 Å². The number of fused-ring (bicyclic) bond motifs is 1. The molecule has 0 aliphatic heterocycles. The molecule has 1 N–H and O–H groups in total. The van der Waals surface area contributed by atoms with Gasteiger partial charge in [0.25, 0.3) is 0 Å². The molecule has 0 bridgehead atoms. The van der Waals surface area contributed by atoms with Crippen molar-refractivity contribution in [2.24, 2.45) is 0 Å². The molecule has 134 valence electrons. The van der Waals surface area contributed by atoms with E-state index in [0.29, 0.717) is 24.6 Å². The van der Waals surface area contributed by atoms with E-state index >= 15 is 0 Å². The van der Waals surface area contributed by atoms with Crippen LogP contribution in [0.5, 0.6) is 0 Å². The Balaban J connectivity index is 1.64. The predicted molar refractivity (Wildman–Crippen MR) is 106 cm³/mol. The fraction of sp³-hybridized carbons (Fsp3) is 0.217. The summed E-state index contributed by atoms with van der Waals surface area (Å²) in [4.78, 5) is 11.6. The third kappa shape index (κ3) is 3.37. The molecule has 4 heteroatoms. The van der Waals surface area contributed by atoms with Crippen LogP contribution in [-0.4, -0.2) is 17.0 Å². The summed E-state index contributed by atoms with van der Waals surface area (Å²) in [6.07, 6.45) is 6.71. The number of hydrogen-bond acceptors (Lipinski definition) is 4. The summed E-state index contributed by atoms with van der Waals surface area (Å²) >= 11 is 0. The van der Waals surface area contributed by atoms with E-state index in [2.05, 4.69) is 30.2 Å². The second kappa shape index (κ2) is 6.77. The quantitative estimate of drug-likeness (QED) is 0.701. The van der Waals surface area contributed by atoms with E-state index in [1.165, 1.54) is 0 Å². The van der Waals surface area contributed by atoms with Crippen LogP contribution in [0.15, 0.2) is 47.0 Å². The molecular weight excluding hydrogens is 336 g/mol. The van der Waals surface area contributed by atoms with Crippen molar-refractivity contribution in [1.82, 2.24) is 5.16 Å². The molecule has 1 aliphatic carbocycles. The number of nitrogens with one attached hydrogen (secondary N) is 1. The van der Waals surface area contributed by atoms with E-state index in [9.17, 15) is 4.79 Å². The van der Waals surface area contributed by atoms with Crippen LogP contribution in [0.2, 0.25) is 0 Å². The Morgan fingerprint density at radius 3 is 2.63 bits per heavy atom. The number of rotatable bonds is 4. The van der Waals surface area contributed by atoms with E-state index in [1.807, 2.05) is 42.5 Å². The molecule has 0 fully saturated rings. The number of Topliss-reactive ketones (excluding diaryl/α,β-unsaturated/α-hetero) is 1. The van der Waals surface area contributed by atoms with Crippen molar-refractivity contribution in [2.45, 2.75) is 32.7 Å². The van der Waals surface area contributed by atoms with E-state index in [-0.39, 0.29) is 5.78 Å². The molecule has 1 heterocycles. The number of anilines is 1. The van der Waals surface area contributed by atoms with Crippen LogP contribution in [0.1, 0.15) is 30.5 Å². The van der Waals surface area contributed by atoms with Gasteiger partial charge in [-0.15, -0.1) is 6.42 Å². The lowest BCUT2D eigenvalue weighted by Gasteiger charge is -2.12. The zero-order valence-corrected chi connectivity index (χ0v) is 15.4. The first-order chi connectivity index (χ1) is 13.0. The standard InChI is InChI=1S/C23H20N2O2/c1-4-15-9-18(7-8-21(15)24-14(2)3)23-13-22(25-27-23)17-6-5-16-11-20(26)12-19(16)10-17/h1,5-10,13-14,24H,11-12H2,2-3H3. The van der Waals surface area contributed by atoms with Gasteiger partial charge in [-0.05, 0) is 49.2 Å². The third-order valence-corrected chi connectivity index (χ3v) is 4.69. The van der Waals surface area contributed by atoms with Crippen LogP contribution in [0.3, 0.4) is 0 Å². The van der Waals surface area contributed by atoms with Crippen molar-refractivity contribution in [3.63, 3.8) is 0 Å². The number of ketones is 1. The van der Waals surface area contributed by atoms with Crippen LogP contribution in [0.4, 0.5) is 5.69 Å². The van der Waals surface area contributed by atoms with Gasteiger partial charge in [0.2, 0.25) is 0 Å². The largest absolute Gasteiger partial charge is 0.382 e. The summed E-state index contributed by atoms with van der Waals surface area (Å²) in [6, 6.07) is 14.1. The lowest BCUT2D eigenvalue weighted by Crippen LogP contribution is -2.10. The molecule has 3 aromatic rings. The number of aromatic nitrogens is 1. The Labute approximate surface area is 158 Å². The SMILES string of the molecule is C#Cc1cc(-c2cc(-c3ccc4c(c3)CC(=O)C4)no2)ccc1NC(C)C. The van der Waals surface area contributed by atoms with Crippen LogP contribution >= 0.6 is 0 Å². The molecular formula is C23H20N2O2. The fourth-order valence-electron chi connectivity index (χ4n) is 3.41. The maximum absolute atomic E-state index is 11.6. The van der Waals surface area contributed by atoms with Crippen LogP contribution in [0.25, 0.3) is 22.6 Å². The second-order valence-electron chi connectivity index (χ2n) is 7.16. The van der Waals surface area contributed by atoms with Gasteiger partial charge in [0.15, 0.2) is 5.76 Å². The average Bonchev–Trinajstić information content (AvgIpc) is 3.26. The van der Waals surface area contributed by atoms with Gasteiger partial charge < -0.3 is 9.84 Å². The molecule has 0 unspecified atom stereocenters. The molecule has 2 aromatic carbocycles. The summed E-state index contributed by atoms with van der Waals surface area (Å²) in [5, 5.41) is 7.55. The Morgan fingerprint density at radius 2 is 1.85 bits per heavy atom. The van der Waals surface area contributed by atoms with Gasteiger partial charge in [-0.1, -0.05) is 23.2 Å². The lowest BCUT2D eigenvalue weighted by molar-refractivity contribution is -0.117. The molecule has 0 atom stereocenters. The Bertz CT molecular complexity index is 1070. The van der Waals surface area contributed by atoms with E-state index in [4.69, 9.17) is 10.9 Å². The molecule has 4 rings (SSSR count). The highest BCUT2D eigenvalue weighted by Crippen LogP contribution is 2.31. The minimum atomic E-state index is 0.264. The van der Waals surface area contributed by atoms with Gasteiger partial charge in [-0.3, -0.25) is 4.79 Å². The Hall–Kier alpha value is -3.32. The molecule has 1 aromatic heterocycles. The summed E-state index contributed by atoms with van der Waals surface area (Å²) in [7, 11) is 0. The zero-order valence-electron chi connectivity index (χ0n) is 15.4. The van der Waals surface area contributed by atoms with E-state index in [0.717, 1.165) is 39.2 Å². The van der Waals surface area contributed by atoms with E-state index < -0.39 is 0 Å². The first-order valence-electron chi connectivity index (χ1n) is 9.01. The molecule has 0 saturated heterocycles. The minimum Gasteiger partial charge on any atom is -0.382 e. The van der Waals surface area contributed by atoms with Gasteiger partial charge in [-0.2, -0.15) is 0 Å². The number of carbonyl (C=O) groups excluding carboxylic acids is 1. The van der Waals surface area contributed by atoms with Gasteiger partial charge in [0, 0.05) is 41.6 Å². The average molecular weight is 356 g/mol. The fourth-order valence-corrected chi connectivity index (χ4v) is 3.41. The number of terminal acetylenes is 1. The first kappa shape index (κ1) is 17.1. The van der Waals surface area contributed by atoms with Crippen LogP contribution in [0, 0.1) is 12.3 Å². The van der Waals surface area contributed by atoms with Crippen molar-refractivity contribution >= 4 is 11.5 Å². The number of benzene rings is 2. The van der Waals surface area contributed by atoms with Gasteiger partial charge >= 0.3 is 0 Å². The number of carbonyl (C=O) groups is 1. The highest BCUT2D eigenvalue weighted by molar-refractivity contribution is 5.88. The predicted octanol–water partition coefficient (Wildman–Crippen LogP) is 4.48. The monoisotopic (exact) mass is 356 g/mol. The molecule has 0 spiro atoms. The Kier molecular flexibility index (Phi) is 4.29. The number of hydrogen-bond donors (Lipinski definition) is 1. The zero-order chi connectivity index (χ0) is 19.0. The maximum atomic E-state index is 11.6. The van der Waals surface area contributed by atoms with Crippen LogP contribution in [-0.2, 0) is 17.6 Å². The molecule has 0 radical (unpaired) electrons. The van der Waals surface area contributed by atoms with Gasteiger partial charge in [-0.25, -0.2) is 0 Å². The smallest absolute Gasteiger partial charge is 0.167 e. The number of nitrogens with zero attached hydrogens (tertiary/aromatic N) is 1. The van der Waals surface area contributed by atoms with Gasteiger partial charge in [0.1, 0.15) is 11.5 Å². The van der Waals surface area contributed by atoms with Crippen molar-refractivity contribution in [3.8, 4) is 34.9 Å². The molecule has 1 aliphatic rings. The van der Waals surface area contributed by atoms with Crippen molar-refractivity contribution in [2.75, 3.05) is 5.32 Å². The minimum absolute atomic E-state index is 0.264. The summed E-state index contributed by atoms with van der Waals surface area (Å²) in [6.45, 7) is 4.14. The third-order valence-electron chi connectivity index (χ3n) is 4.69. The molecule has 27 heavy (non-hydrogen) atoms. The van der Waals surface area contributed by atoms with Crippen molar-refractivity contribution in [3.05, 3.63) is 59.2 Å². The van der Waals surface area contributed by atoms with Crippen molar-refractivity contribution in [1.29, 1.82) is 0 Å². The highest BCUT2D eigenvalue weighted by Gasteiger charge is 2.19. The summed E-state index contributed by atoms with van der Waals surface area (Å²) in [5.74, 6) is 3.65. The normalized spacial score (nSPS) is 12.9. The van der Waals surface area contributed by atoms with E-state index in [1.54, 1.807) is 0 Å². The molecule has 4 nitrogen and oxygen atoms in total. The van der Waals surface area contributed by atoms with Gasteiger partial charge in [0.05, 0.1) is 5.69 Å². The topological polar surface area (TPSA) is 55.1 Å². The highest BCUT2D eigenvalue weighted by atomic mass is 16.5.